The molecule has 0 fully saturated rings. The van der Waals surface area contributed by atoms with Gasteiger partial charge in [-0.1, -0.05) is 6.07 Å². The fourth-order valence-electron chi connectivity index (χ4n) is 1.89. The van der Waals surface area contributed by atoms with Crippen LogP contribution in [0.5, 0.6) is 0 Å². The van der Waals surface area contributed by atoms with E-state index in [9.17, 15) is 9.90 Å². The fourth-order valence-corrected chi connectivity index (χ4v) is 1.89. The number of carbonyl (C=O) groups excluding carboxylic acids is 1. The average molecular weight is 277 g/mol. The highest BCUT2D eigenvalue weighted by Gasteiger charge is 2.33. The quantitative estimate of drug-likeness (QED) is 0.739. The van der Waals surface area contributed by atoms with Crippen LogP contribution in [0, 0.1) is 11.3 Å². The first kappa shape index (κ1) is 16.1. The van der Waals surface area contributed by atoms with Crippen molar-refractivity contribution in [3.05, 3.63) is 30.1 Å². The van der Waals surface area contributed by atoms with E-state index in [2.05, 4.69) is 15.8 Å². The summed E-state index contributed by atoms with van der Waals surface area (Å²) >= 11 is 0. The Morgan fingerprint density at radius 2 is 2.40 bits per heavy atom. The number of aromatic nitrogens is 1. The van der Waals surface area contributed by atoms with Gasteiger partial charge in [-0.3, -0.25) is 9.88 Å². The van der Waals surface area contributed by atoms with Crippen molar-refractivity contribution < 1.29 is 14.6 Å². The Bertz CT molecular complexity index is 468. The van der Waals surface area contributed by atoms with E-state index in [1.165, 1.54) is 14.0 Å². The molecule has 0 bridgehead atoms. The largest absolute Gasteiger partial charge is 0.467 e. The summed E-state index contributed by atoms with van der Waals surface area (Å²) in [6, 6.07) is 5.78. The third-order valence-electron chi connectivity index (χ3n) is 2.83. The molecule has 108 valence electrons. The van der Waals surface area contributed by atoms with E-state index in [-0.39, 0.29) is 6.54 Å². The molecule has 0 radical (unpaired) electrons. The van der Waals surface area contributed by atoms with E-state index in [0.29, 0.717) is 19.5 Å². The molecule has 0 aromatic carbocycles. The first-order valence-corrected chi connectivity index (χ1v) is 6.28. The molecule has 6 heteroatoms. The summed E-state index contributed by atoms with van der Waals surface area (Å²) in [5, 5.41) is 18.8. The molecule has 1 atom stereocenters. The van der Waals surface area contributed by atoms with Crippen LogP contribution in [-0.4, -0.2) is 46.8 Å². The number of nitrogens with zero attached hydrogens (tertiary/aromatic N) is 3. The lowest BCUT2D eigenvalue weighted by molar-refractivity contribution is -0.162. The van der Waals surface area contributed by atoms with E-state index in [4.69, 9.17) is 5.26 Å². The van der Waals surface area contributed by atoms with Crippen molar-refractivity contribution in [3.8, 4) is 6.07 Å². The lowest BCUT2D eigenvalue weighted by atomic mass is 10.1. The number of nitriles is 1. The minimum Gasteiger partial charge on any atom is -0.467 e. The van der Waals surface area contributed by atoms with Crippen LogP contribution in [0.15, 0.2) is 24.5 Å². The fraction of sp³-hybridized carbons (Fsp3) is 0.500. The molecular formula is C14H19N3O3. The summed E-state index contributed by atoms with van der Waals surface area (Å²) in [5.41, 5.74) is -0.655. The Balaban J connectivity index is 2.74. The molecule has 1 heterocycles. The number of aliphatic hydroxyl groups is 1. The average Bonchev–Trinajstić information content (AvgIpc) is 2.44. The van der Waals surface area contributed by atoms with Gasteiger partial charge in [0, 0.05) is 38.4 Å². The van der Waals surface area contributed by atoms with Gasteiger partial charge in [0.2, 0.25) is 0 Å². The van der Waals surface area contributed by atoms with Gasteiger partial charge >= 0.3 is 5.97 Å². The van der Waals surface area contributed by atoms with E-state index in [1.54, 1.807) is 12.4 Å². The number of carbonyl (C=O) groups is 1. The zero-order valence-corrected chi connectivity index (χ0v) is 11.7. The van der Waals surface area contributed by atoms with Crippen molar-refractivity contribution in [3.63, 3.8) is 0 Å². The van der Waals surface area contributed by atoms with Crippen LogP contribution in [-0.2, 0) is 16.1 Å². The zero-order chi connectivity index (χ0) is 15.0. The van der Waals surface area contributed by atoms with Gasteiger partial charge in [0.25, 0.3) is 0 Å². The Morgan fingerprint density at radius 1 is 1.65 bits per heavy atom. The molecule has 0 aliphatic carbocycles. The number of esters is 1. The van der Waals surface area contributed by atoms with E-state index in [1.807, 2.05) is 17.0 Å². The molecule has 0 amide bonds. The maximum atomic E-state index is 11.5. The van der Waals surface area contributed by atoms with Crippen LogP contribution in [0.4, 0.5) is 0 Å². The smallest absolute Gasteiger partial charge is 0.338 e. The van der Waals surface area contributed by atoms with Crippen molar-refractivity contribution in [1.29, 1.82) is 5.26 Å². The molecule has 0 saturated heterocycles. The summed E-state index contributed by atoms with van der Waals surface area (Å²) in [7, 11) is 1.23. The number of pyridine rings is 1. The maximum absolute atomic E-state index is 11.5. The van der Waals surface area contributed by atoms with Gasteiger partial charge in [0.15, 0.2) is 5.60 Å². The topological polar surface area (TPSA) is 86.5 Å². The van der Waals surface area contributed by atoms with Gasteiger partial charge in [0.1, 0.15) is 0 Å². The van der Waals surface area contributed by atoms with Gasteiger partial charge in [0.05, 0.1) is 13.2 Å². The molecule has 1 aromatic heterocycles. The van der Waals surface area contributed by atoms with Gasteiger partial charge < -0.3 is 9.84 Å². The second-order valence-electron chi connectivity index (χ2n) is 4.75. The molecule has 0 aliphatic rings. The van der Waals surface area contributed by atoms with E-state index in [0.717, 1.165) is 5.56 Å². The lowest BCUT2D eigenvalue weighted by Gasteiger charge is -2.29. The predicted molar refractivity (Wildman–Crippen MR) is 72.4 cm³/mol. The van der Waals surface area contributed by atoms with Crippen molar-refractivity contribution in [2.45, 2.75) is 25.5 Å². The van der Waals surface area contributed by atoms with Crippen molar-refractivity contribution in [2.75, 3.05) is 20.2 Å². The Labute approximate surface area is 118 Å². The first-order chi connectivity index (χ1) is 9.49. The summed E-state index contributed by atoms with van der Waals surface area (Å²) in [6.07, 6.45) is 3.71. The normalized spacial score (nSPS) is 13.6. The summed E-state index contributed by atoms with van der Waals surface area (Å²) < 4.78 is 4.58. The molecule has 6 nitrogen and oxygen atoms in total. The van der Waals surface area contributed by atoms with Crippen LogP contribution in [0.2, 0.25) is 0 Å². The molecule has 0 spiro atoms. The van der Waals surface area contributed by atoms with Gasteiger partial charge in [-0.05, 0) is 18.6 Å². The van der Waals surface area contributed by atoms with E-state index < -0.39 is 11.6 Å². The minimum atomic E-state index is -1.60. The van der Waals surface area contributed by atoms with Crippen molar-refractivity contribution >= 4 is 5.97 Å². The van der Waals surface area contributed by atoms with Crippen LogP contribution < -0.4 is 0 Å². The Hall–Kier alpha value is -1.97. The first-order valence-electron chi connectivity index (χ1n) is 6.28. The molecular weight excluding hydrogens is 258 g/mol. The van der Waals surface area contributed by atoms with Crippen LogP contribution in [0.25, 0.3) is 0 Å². The number of hydrogen-bond acceptors (Lipinski definition) is 6. The minimum absolute atomic E-state index is 0.0935. The van der Waals surface area contributed by atoms with E-state index >= 15 is 0 Å². The molecule has 1 rings (SSSR count). The number of hydrogen-bond donors (Lipinski definition) is 1. The highest BCUT2D eigenvalue weighted by molar-refractivity contribution is 5.78. The number of methoxy groups -OCH3 is 1. The Morgan fingerprint density at radius 3 is 2.95 bits per heavy atom. The van der Waals surface area contributed by atoms with Crippen LogP contribution >= 0.6 is 0 Å². The third-order valence-corrected chi connectivity index (χ3v) is 2.83. The molecule has 0 saturated carbocycles. The summed E-state index contributed by atoms with van der Waals surface area (Å²) in [4.78, 5) is 17.4. The third kappa shape index (κ3) is 4.96. The van der Waals surface area contributed by atoms with Crippen molar-refractivity contribution in [1.82, 2.24) is 9.88 Å². The SMILES string of the molecule is COC(=O)C(C)(O)CN(CCC#N)Cc1cccnc1. The maximum Gasteiger partial charge on any atom is 0.338 e. The number of rotatable bonds is 7. The van der Waals surface area contributed by atoms with Gasteiger partial charge in [-0.15, -0.1) is 0 Å². The molecule has 0 aliphatic heterocycles. The standard InChI is InChI=1S/C14H19N3O3/c1-14(19,13(18)20-2)11-17(8-4-6-15)10-12-5-3-7-16-9-12/h3,5,7,9,19H,4,8,10-11H2,1-2H3. The predicted octanol–water partition coefficient (Wildman–Crippen LogP) is 0.721. The summed E-state index contributed by atoms with van der Waals surface area (Å²) in [5.74, 6) is -0.689. The number of ether oxygens (including phenoxy) is 1. The zero-order valence-electron chi connectivity index (χ0n) is 11.7. The second-order valence-corrected chi connectivity index (χ2v) is 4.75. The summed E-state index contributed by atoms with van der Waals surface area (Å²) in [6.45, 7) is 2.46. The molecule has 1 unspecified atom stereocenters. The van der Waals surface area contributed by atoms with Crippen molar-refractivity contribution in [2.24, 2.45) is 0 Å². The van der Waals surface area contributed by atoms with Crippen LogP contribution in [0.3, 0.4) is 0 Å². The highest BCUT2D eigenvalue weighted by atomic mass is 16.5. The molecule has 20 heavy (non-hydrogen) atoms. The van der Waals surface area contributed by atoms with Gasteiger partial charge in [-0.25, -0.2) is 4.79 Å². The van der Waals surface area contributed by atoms with Crippen LogP contribution in [0.1, 0.15) is 18.9 Å². The molecule has 1 N–H and O–H groups in total. The lowest BCUT2D eigenvalue weighted by Crippen LogP contribution is -2.47. The molecule has 1 aromatic rings. The van der Waals surface area contributed by atoms with Gasteiger partial charge in [-0.2, -0.15) is 5.26 Å². The second kappa shape index (κ2) is 7.58. The highest BCUT2D eigenvalue weighted by Crippen LogP contribution is 2.12. The monoisotopic (exact) mass is 277 g/mol. The Kier molecular flexibility index (Phi) is 6.10.